The molecule has 1 atom stereocenters. The molecule has 120 valence electrons. The van der Waals surface area contributed by atoms with Crippen LogP contribution in [-0.4, -0.2) is 42.6 Å². The number of ketones is 1. The standard InChI is InChI=1S/C13H15N7O2S/c1-6-2-8-7(9(21)3-6)4-15-12(16-8)17-10(22)5-23-13-18-11(14)19-20-13/h4,6H,2-3,5H2,1H3,(H3,14,18,19,20)(H,15,16,17,22)/t6-/m1/s1. The van der Waals surface area contributed by atoms with Gasteiger partial charge in [0.2, 0.25) is 23.0 Å². The molecule has 0 saturated heterocycles. The van der Waals surface area contributed by atoms with Crippen molar-refractivity contribution >= 4 is 35.3 Å². The van der Waals surface area contributed by atoms with E-state index in [1.54, 1.807) is 0 Å². The van der Waals surface area contributed by atoms with E-state index in [2.05, 4.69) is 30.5 Å². The van der Waals surface area contributed by atoms with Gasteiger partial charge in [0.1, 0.15) is 0 Å². The number of carbonyl (C=O) groups is 2. The van der Waals surface area contributed by atoms with Crippen molar-refractivity contribution in [3.8, 4) is 0 Å². The average molecular weight is 333 g/mol. The molecule has 0 aliphatic heterocycles. The molecular formula is C13H15N7O2S. The van der Waals surface area contributed by atoms with Crippen LogP contribution >= 0.6 is 11.8 Å². The molecule has 0 spiro atoms. The Morgan fingerprint density at radius 3 is 3.04 bits per heavy atom. The number of aromatic nitrogens is 5. The van der Waals surface area contributed by atoms with Crippen LogP contribution in [0.2, 0.25) is 0 Å². The smallest absolute Gasteiger partial charge is 0.237 e. The summed E-state index contributed by atoms with van der Waals surface area (Å²) in [6.45, 7) is 2.00. The van der Waals surface area contributed by atoms with Gasteiger partial charge in [-0.05, 0) is 12.3 Å². The molecule has 0 bridgehead atoms. The Kier molecular flexibility index (Phi) is 4.24. The van der Waals surface area contributed by atoms with Crippen molar-refractivity contribution in [1.29, 1.82) is 0 Å². The Morgan fingerprint density at radius 2 is 2.30 bits per heavy atom. The molecule has 0 radical (unpaired) electrons. The summed E-state index contributed by atoms with van der Waals surface area (Å²) in [5.41, 5.74) is 6.64. The number of aromatic amines is 1. The molecule has 2 aromatic heterocycles. The molecule has 2 heterocycles. The number of nitrogens with two attached hydrogens (primary N) is 1. The highest BCUT2D eigenvalue weighted by molar-refractivity contribution is 7.99. The van der Waals surface area contributed by atoms with Crippen LogP contribution in [0.1, 0.15) is 29.4 Å². The van der Waals surface area contributed by atoms with E-state index >= 15 is 0 Å². The molecule has 4 N–H and O–H groups in total. The molecule has 1 aliphatic carbocycles. The van der Waals surface area contributed by atoms with E-state index in [0.717, 1.165) is 11.8 Å². The lowest BCUT2D eigenvalue weighted by Gasteiger charge is -2.19. The van der Waals surface area contributed by atoms with Crippen molar-refractivity contribution in [2.75, 3.05) is 16.8 Å². The first-order valence-electron chi connectivity index (χ1n) is 7.01. The van der Waals surface area contributed by atoms with Crippen LogP contribution < -0.4 is 11.1 Å². The third kappa shape index (κ3) is 3.65. The number of fused-ring (bicyclic) bond motifs is 1. The van der Waals surface area contributed by atoms with E-state index < -0.39 is 0 Å². The van der Waals surface area contributed by atoms with Gasteiger partial charge >= 0.3 is 0 Å². The van der Waals surface area contributed by atoms with Gasteiger partial charge in [-0.2, -0.15) is 4.98 Å². The molecule has 3 rings (SSSR count). The van der Waals surface area contributed by atoms with Gasteiger partial charge in [-0.15, -0.1) is 5.10 Å². The summed E-state index contributed by atoms with van der Waals surface area (Å²) in [5, 5.41) is 9.31. The third-order valence-electron chi connectivity index (χ3n) is 3.31. The number of hydrogen-bond donors (Lipinski definition) is 3. The van der Waals surface area contributed by atoms with Gasteiger partial charge in [-0.3, -0.25) is 14.9 Å². The zero-order valence-corrected chi connectivity index (χ0v) is 13.2. The van der Waals surface area contributed by atoms with Crippen LogP contribution in [0.15, 0.2) is 11.4 Å². The van der Waals surface area contributed by atoms with Gasteiger partial charge in [0.15, 0.2) is 5.78 Å². The van der Waals surface area contributed by atoms with Crippen LogP contribution in [0.3, 0.4) is 0 Å². The second-order valence-electron chi connectivity index (χ2n) is 5.33. The molecule has 2 aromatic rings. The number of anilines is 2. The summed E-state index contributed by atoms with van der Waals surface area (Å²) in [6, 6.07) is 0. The van der Waals surface area contributed by atoms with Crippen molar-refractivity contribution < 1.29 is 9.59 Å². The fourth-order valence-corrected chi connectivity index (χ4v) is 2.91. The number of carbonyl (C=O) groups excluding carboxylic acids is 2. The first-order chi connectivity index (χ1) is 11.0. The number of hydrogen-bond acceptors (Lipinski definition) is 8. The van der Waals surface area contributed by atoms with Gasteiger partial charge in [0, 0.05) is 12.6 Å². The van der Waals surface area contributed by atoms with Crippen LogP contribution in [0.4, 0.5) is 11.9 Å². The molecule has 0 aromatic carbocycles. The quantitative estimate of drug-likeness (QED) is 0.694. The summed E-state index contributed by atoms with van der Waals surface area (Å²) < 4.78 is 0. The number of amides is 1. The van der Waals surface area contributed by atoms with E-state index in [0.29, 0.717) is 29.3 Å². The summed E-state index contributed by atoms with van der Waals surface area (Å²) in [7, 11) is 0. The van der Waals surface area contributed by atoms with Gasteiger partial charge in [0.25, 0.3) is 0 Å². The number of nitrogens with one attached hydrogen (secondary N) is 2. The maximum Gasteiger partial charge on any atom is 0.237 e. The number of nitrogen functional groups attached to an aromatic ring is 1. The minimum absolute atomic E-state index is 0.0503. The van der Waals surface area contributed by atoms with Crippen LogP contribution in [0, 0.1) is 5.92 Å². The van der Waals surface area contributed by atoms with Crippen LogP contribution in [0.25, 0.3) is 0 Å². The second kappa shape index (κ2) is 6.32. The maximum absolute atomic E-state index is 11.9. The normalized spacial score (nSPS) is 16.9. The molecule has 0 fully saturated rings. The van der Waals surface area contributed by atoms with Gasteiger partial charge in [-0.1, -0.05) is 18.7 Å². The predicted octanol–water partition coefficient (Wildman–Crippen LogP) is 0.673. The first-order valence-corrected chi connectivity index (χ1v) is 7.99. The first kappa shape index (κ1) is 15.4. The van der Waals surface area contributed by atoms with Gasteiger partial charge in [-0.25, -0.2) is 15.1 Å². The predicted molar refractivity (Wildman–Crippen MR) is 84.0 cm³/mol. The maximum atomic E-state index is 11.9. The summed E-state index contributed by atoms with van der Waals surface area (Å²) >= 11 is 1.14. The molecule has 0 unspecified atom stereocenters. The minimum atomic E-state index is -0.284. The van der Waals surface area contributed by atoms with E-state index in [1.165, 1.54) is 6.20 Å². The van der Waals surface area contributed by atoms with Crippen molar-refractivity contribution in [2.24, 2.45) is 5.92 Å². The van der Waals surface area contributed by atoms with Crippen molar-refractivity contribution in [3.63, 3.8) is 0 Å². The summed E-state index contributed by atoms with van der Waals surface area (Å²) in [4.78, 5) is 36.0. The van der Waals surface area contributed by atoms with Gasteiger partial charge < -0.3 is 5.73 Å². The number of Topliss-reactive ketones (excluding diaryl/α,β-unsaturated/α-hetero) is 1. The van der Waals surface area contributed by atoms with Crippen molar-refractivity contribution in [2.45, 2.75) is 24.9 Å². The summed E-state index contributed by atoms with van der Waals surface area (Å²) in [6.07, 6.45) is 2.70. The Bertz CT molecular complexity index is 761. The van der Waals surface area contributed by atoms with Crippen molar-refractivity contribution in [3.05, 3.63) is 17.5 Å². The lowest BCUT2D eigenvalue weighted by Crippen LogP contribution is -2.22. The Morgan fingerprint density at radius 1 is 1.48 bits per heavy atom. The lowest BCUT2D eigenvalue weighted by atomic mass is 9.88. The SMILES string of the molecule is C[C@H]1CC(=O)c2cnc(NC(=O)CSc3n[nH]c(N)n3)nc2C1. The molecule has 1 amide bonds. The highest BCUT2D eigenvalue weighted by atomic mass is 32.2. The molecular weight excluding hydrogens is 318 g/mol. The number of rotatable bonds is 4. The zero-order chi connectivity index (χ0) is 16.4. The topological polar surface area (TPSA) is 140 Å². The molecule has 9 nitrogen and oxygen atoms in total. The second-order valence-corrected chi connectivity index (χ2v) is 6.27. The lowest BCUT2D eigenvalue weighted by molar-refractivity contribution is -0.113. The monoisotopic (exact) mass is 333 g/mol. The molecule has 0 saturated carbocycles. The van der Waals surface area contributed by atoms with Crippen LogP contribution in [-0.2, 0) is 11.2 Å². The van der Waals surface area contributed by atoms with Gasteiger partial charge in [0.05, 0.1) is 17.0 Å². The molecule has 23 heavy (non-hydrogen) atoms. The van der Waals surface area contributed by atoms with E-state index in [4.69, 9.17) is 5.73 Å². The number of thioether (sulfide) groups is 1. The third-order valence-corrected chi connectivity index (χ3v) is 4.16. The minimum Gasteiger partial charge on any atom is -0.368 e. The highest BCUT2D eigenvalue weighted by Crippen LogP contribution is 2.24. The Labute approximate surface area is 135 Å². The largest absolute Gasteiger partial charge is 0.368 e. The van der Waals surface area contributed by atoms with Crippen LogP contribution in [0.5, 0.6) is 0 Å². The summed E-state index contributed by atoms with van der Waals surface area (Å²) in [5.74, 6) is 0.520. The molecule has 10 heteroatoms. The highest BCUT2D eigenvalue weighted by Gasteiger charge is 2.24. The zero-order valence-electron chi connectivity index (χ0n) is 12.4. The Balaban J connectivity index is 1.62. The fourth-order valence-electron chi connectivity index (χ4n) is 2.31. The van der Waals surface area contributed by atoms with E-state index in [-0.39, 0.29) is 35.3 Å². The number of H-pyrrole nitrogens is 1. The number of nitrogens with zero attached hydrogens (tertiary/aromatic N) is 4. The van der Waals surface area contributed by atoms with Crippen molar-refractivity contribution in [1.82, 2.24) is 25.1 Å². The van der Waals surface area contributed by atoms with E-state index in [9.17, 15) is 9.59 Å². The molecule has 1 aliphatic rings. The van der Waals surface area contributed by atoms with E-state index in [1.807, 2.05) is 6.92 Å². The Hall–Kier alpha value is -2.49. The average Bonchev–Trinajstić information content (AvgIpc) is 2.90. The fraction of sp³-hybridized carbons (Fsp3) is 0.385.